The van der Waals surface area contributed by atoms with Crippen LogP contribution in [0.15, 0.2) is 9.95 Å². The van der Waals surface area contributed by atoms with Crippen LogP contribution >= 0.6 is 23.1 Å². The molecule has 180 valence electrons. The van der Waals surface area contributed by atoms with E-state index in [0.29, 0.717) is 30.6 Å². The van der Waals surface area contributed by atoms with Crippen LogP contribution in [0.25, 0.3) is 10.2 Å². The Balaban J connectivity index is 1.44. The number of hydrogen-bond acceptors (Lipinski definition) is 7. The monoisotopic (exact) mass is 492 g/mol. The Morgan fingerprint density at radius 1 is 1.24 bits per heavy atom. The van der Waals surface area contributed by atoms with E-state index in [1.807, 2.05) is 0 Å². The van der Waals surface area contributed by atoms with Crippen LogP contribution in [0.2, 0.25) is 0 Å². The summed E-state index contributed by atoms with van der Waals surface area (Å²) < 4.78 is 6.81. The minimum absolute atomic E-state index is 0.0148. The zero-order valence-corrected chi connectivity index (χ0v) is 20.9. The Morgan fingerprint density at radius 2 is 2.06 bits per heavy atom. The minimum atomic E-state index is -0.449. The number of carbonyl (C=O) groups excluding carboxylic acids is 2. The van der Waals surface area contributed by atoms with Gasteiger partial charge in [-0.3, -0.25) is 19.5 Å². The molecular weight excluding hydrogens is 460 g/mol. The summed E-state index contributed by atoms with van der Waals surface area (Å²) in [5, 5.41) is 6.62. The van der Waals surface area contributed by atoms with Crippen LogP contribution in [-0.2, 0) is 28.9 Å². The number of imide groups is 1. The SMILES string of the molecule is COCCCn1c(SCC(=O)NC(=O)N[C@@H]2CCCC[C@H]2C)nc2sc3c(c2c1=O)CCC3. The standard InChI is InChI=1S/C23H32N4O4S2/c1-14-7-3-4-9-16(14)24-22(30)25-18(28)13-32-23-26-20-19(15-8-5-10-17(15)33-20)21(29)27(23)11-6-12-31-2/h14,16H,3-13H2,1-2H3,(H2,24,25,28,30)/t14-,16-/m1/s1. The van der Waals surface area contributed by atoms with Crippen molar-refractivity contribution in [2.45, 2.75) is 76.0 Å². The number of hydrogen-bond donors (Lipinski definition) is 2. The van der Waals surface area contributed by atoms with E-state index in [-0.39, 0.29) is 17.4 Å². The molecule has 1 fully saturated rings. The maximum atomic E-state index is 13.3. The fourth-order valence-corrected chi connectivity index (χ4v) is 6.89. The lowest BCUT2D eigenvalue weighted by atomic mass is 9.86. The zero-order chi connectivity index (χ0) is 23.4. The van der Waals surface area contributed by atoms with E-state index in [9.17, 15) is 14.4 Å². The van der Waals surface area contributed by atoms with Gasteiger partial charge in [0.25, 0.3) is 5.56 Å². The Morgan fingerprint density at radius 3 is 2.85 bits per heavy atom. The normalized spacial score (nSPS) is 20.1. The van der Waals surface area contributed by atoms with E-state index in [0.717, 1.165) is 54.3 Å². The molecule has 0 saturated heterocycles. The number of ether oxygens (including phenoxy) is 1. The lowest BCUT2D eigenvalue weighted by Crippen LogP contribution is -2.48. The molecule has 0 spiro atoms. The molecule has 1 saturated carbocycles. The van der Waals surface area contributed by atoms with E-state index in [4.69, 9.17) is 9.72 Å². The molecule has 2 aliphatic carbocycles. The van der Waals surface area contributed by atoms with Crippen LogP contribution in [0, 0.1) is 5.92 Å². The van der Waals surface area contributed by atoms with Gasteiger partial charge in [-0.05, 0) is 50.0 Å². The molecule has 2 aromatic rings. The number of fused-ring (bicyclic) bond motifs is 3. The average Bonchev–Trinajstić information content (AvgIpc) is 3.36. The number of urea groups is 1. The Bertz CT molecular complexity index is 1080. The Kier molecular flexibility index (Phi) is 8.08. The van der Waals surface area contributed by atoms with E-state index in [2.05, 4.69) is 17.6 Å². The Labute approximate surface area is 201 Å². The van der Waals surface area contributed by atoms with Crippen molar-refractivity contribution in [2.24, 2.45) is 5.92 Å². The largest absolute Gasteiger partial charge is 0.385 e. The summed E-state index contributed by atoms with van der Waals surface area (Å²) in [5.41, 5.74) is 1.11. The number of aryl methyl sites for hydroxylation is 2. The van der Waals surface area contributed by atoms with Crippen molar-refractivity contribution in [1.29, 1.82) is 0 Å². The molecular formula is C23H32N4O4S2. The molecule has 0 aromatic carbocycles. The number of nitrogens with zero attached hydrogens (tertiary/aromatic N) is 2. The average molecular weight is 493 g/mol. The number of amides is 3. The van der Waals surface area contributed by atoms with Gasteiger partial charge in [-0.2, -0.15) is 0 Å². The fraction of sp³-hybridized carbons (Fsp3) is 0.652. The lowest BCUT2D eigenvalue weighted by Gasteiger charge is -2.29. The number of methoxy groups -OCH3 is 1. The number of carbonyl (C=O) groups is 2. The number of thiophene rings is 1. The summed E-state index contributed by atoms with van der Waals surface area (Å²) in [4.78, 5) is 44.9. The maximum Gasteiger partial charge on any atom is 0.321 e. The summed E-state index contributed by atoms with van der Waals surface area (Å²) in [6.07, 6.45) is 8.01. The first-order valence-corrected chi connectivity index (χ1v) is 13.5. The number of aromatic nitrogens is 2. The molecule has 10 heteroatoms. The first kappa shape index (κ1) is 24.2. The lowest BCUT2D eigenvalue weighted by molar-refractivity contribution is -0.117. The first-order chi connectivity index (χ1) is 16.0. The van der Waals surface area contributed by atoms with Crippen LogP contribution in [0.3, 0.4) is 0 Å². The Hall–Kier alpha value is -1.91. The third-order valence-electron chi connectivity index (χ3n) is 6.53. The first-order valence-electron chi connectivity index (χ1n) is 11.7. The van der Waals surface area contributed by atoms with Crippen molar-refractivity contribution < 1.29 is 14.3 Å². The zero-order valence-electron chi connectivity index (χ0n) is 19.3. The predicted molar refractivity (Wildman–Crippen MR) is 131 cm³/mol. The summed E-state index contributed by atoms with van der Waals surface area (Å²) >= 11 is 2.79. The van der Waals surface area contributed by atoms with Gasteiger partial charge in [0, 0.05) is 31.2 Å². The van der Waals surface area contributed by atoms with E-state index < -0.39 is 11.9 Å². The van der Waals surface area contributed by atoms with E-state index in [1.165, 1.54) is 23.1 Å². The molecule has 33 heavy (non-hydrogen) atoms. The summed E-state index contributed by atoms with van der Waals surface area (Å²) in [5.74, 6) is 0.0345. The van der Waals surface area contributed by atoms with Gasteiger partial charge < -0.3 is 10.1 Å². The quantitative estimate of drug-likeness (QED) is 0.332. The van der Waals surface area contributed by atoms with Crippen molar-refractivity contribution >= 4 is 45.3 Å². The predicted octanol–water partition coefficient (Wildman–Crippen LogP) is 3.48. The second-order valence-corrected chi connectivity index (χ2v) is 10.9. The van der Waals surface area contributed by atoms with Gasteiger partial charge in [0.15, 0.2) is 5.16 Å². The van der Waals surface area contributed by atoms with Gasteiger partial charge >= 0.3 is 6.03 Å². The molecule has 0 aliphatic heterocycles. The van der Waals surface area contributed by atoms with Crippen LogP contribution in [0.1, 0.15) is 55.9 Å². The molecule has 2 aliphatic rings. The van der Waals surface area contributed by atoms with Gasteiger partial charge in [-0.15, -0.1) is 11.3 Å². The minimum Gasteiger partial charge on any atom is -0.385 e. The summed E-state index contributed by atoms with van der Waals surface area (Å²) in [7, 11) is 1.63. The van der Waals surface area contributed by atoms with Crippen LogP contribution in [0.5, 0.6) is 0 Å². The molecule has 2 N–H and O–H groups in total. The van der Waals surface area contributed by atoms with E-state index in [1.54, 1.807) is 23.0 Å². The fourth-order valence-electron chi connectivity index (χ4n) is 4.76. The van der Waals surface area contributed by atoms with Gasteiger partial charge in [0.05, 0.1) is 11.1 Å². The maximum absolute atomic E-state index is 13.3. The highest BCUT2D eigenvalue weighted by atomic mass is 32.2. The van der Waals surface area contributed by atoms with Gasteiger partial charge in [-0.1, -0.05) is 31.5 Å². The van der Waals surface area contributed by atoms with Crippen molar-refractivity contribution in [3.8, 4) is 0 Å². The van der Waals surface area contributed by atoms with Crippen molar-refractivity contribution in [3.05, 3.63) is 20.8 Å². The molecule has 2 heterocycles. The third-order valence-corrected chi connectivity index (χ3v) is 8.70. The van der Waals surface area contributed by atoms with Crippen LogP contribution < -0.4 is 16.2 Å². The van der Waals surface area contributed by atoms with Gasteiger partial charge in [0.1, 0.15) is 4.83 Å². The summed E-state index contributed by atoms with van der Waals surface area (Å²) in [6, 6.07) is -0.343. The van der Waals surface area contributed by atoms with Crippen molar-refractivity contribution in [3.63, 3.8) is 0 Å². The highest BCUT2D eigenvalue weighted by Gasteiger charge is 2.25. The van der Waals surface area contributed by atoms with Crippen LogP contribution in [-0.4, -0.2) is 47.0 Å². The highest BCUT2D eigenvalue weighted by molar-refractivity contribution is 7.99. The molecule has 0 bridgehead atoms. The van der Waals surface area contributed by atoms with Crippen molar-refractivity contribution in [2.75, 3.05) is 19.5 Å². The molecule has 2 atom stereocenters. The molecule has 4 rings (SSSR count). The molecule has 2 aromatic heterocycles. The molecule has 0 unspecified atom stereocenters. The second-order valence-electron chi connectivity index (χ2n) is 8.91. The highest BCUT2D eigenvalue weighted by Crippen LogP contribution is 2.35. The molecule has 3 amide bonds. The smallest absolute Gasteiger partial charge is 0.321 e. The van der Waals surface area contributed by atoms with Crippen LogP contribution in [0.4, 0.5) is 4.79 Å². The number of thioether (sulfide) groups is 1. The third kappa shape index (κ3) is 5.60. The molecule has 0 radical (unpaired) electrons. The van der Waals surface area contributed by atoms with Gasteiger partial charge in [0.2, 0.25) is 5.91 Å². The topological polar surface area (TPSA) is 102 Å². The second kappa shape index (κ2) is 11.0. The summed E-state index contributed by atoms with van der Waals surface area (Å²) in [6.45, 7) is 3.15. The number of nitrogens with one attached hydrogen (secondary N) is 2. The van der Waals surface area contributed by atoms with Crippen molar-refractivity contribution in [1.82, 2.24) is 20.2 Å². The molecule has 8 nitrogen and oxygen atoms in total. The van der Waals surface area contributed by atoms with E-state index >= 15 is 0 Å². The van der Waals surface area contributed by atoms with Gasteiger partial charge in [-0.25, -0.2) is 9.78 Å². The number of rotatable bonds is 8.